The lowest BCUT2D eigenvalue weighted by molar-refractivity contribution is 0.103. The lowest BCUT2D eigenvalue weighted by Crippen LogP contribution is -2.09. The molecule has 3 aromatic rings. The maximum Gasteiger partial charge on any atom is 0.265 e. The van der Waals surface area contributed by atoms with E-state index in [1.54, 1.807) is 18.2 Å². The number of nitrogens with one attached hydrogen (secondary N) is 1. The van der Waals surface area contributed by atoms with Crippen molar-refractivity contribution in [2.24, 2.45) is 0 Å². The minimum Gasteiger partial charge on any atom is -0.459 e. The Balaban J connectivity index is 1.81. The van der Waals surface area contributed by atoms with Crippen molar-refractivity contribution in [3.8, 4) is 11.3 Å². The van der Waals surface area contributed by atoms with Crippen LogP contribution in [0.15, 0.2) is 58.3 Å². The molecule has 0 unspecified atom stereocenters. The van der Waals surface area contributed by atoms with E-state index in [1.807, 2.05) is 35.7 Å². The molecule has 1 amide bonds. The van der Waals surface area contributed by atoms with Crippen LogP contribution in [0.2, 0.25) is 0 Å². The van der Waals surface area contributed by atoms with Gasteiger partial charge in [0.2, 0.25) is 0 Å². The van der Waals surface area contributed by atoms with Gasteiger partial charge in [0.15, 0.2) is 0 Å². The number of carbonyl (C=O) groups is 1. The van der Waals surface area contributed by atoms with Crippen molar-refractivity contribution >= 4 is 22.9 Å². The number of hydrogen-bond acceptors (Lipinski definition) is 4. The summed E-state index contributed by atoms with van der Waals surface area (Å²) in [7, 11) is 0. The SMILES string of the molecule is O=C(Nc1cccc(-c2ccc(CO)o2)c1)c1cccs1. The Morgan fingerprint density at radius 3 is 2.81 bits per heavy atom. The largest absolute Gasteiger partial charge is 0.459 e. The quantitative estimate of drug-likeness (QED) is 0.771. The molecule has 106 valence electrons. The molecule has 0 radical (unpaired) electrons. The van der Waals surface area contributed by atoms with E-state index in [-0.39, 0.29) is 12.5 Å². The van der Waals surface area contributed by atoms with Gasteiger partial charge in [-0.2, -0.15) is 0 Å². The molecule has 21 heavy (non-hydrogen) atoms. The fourth-order valence-corrected chi connectivity index (χ4v) is 2.59. The first-order chi connectivity index (χ1) is 10.3. The van der Waals surface area contributed by atoms with Crippen LogP contribution in [0.1, 0.15) is 15.4 Å². The molecule has 2 heterocycles. The average Bonchev–Trinajstić information content (AvgIpc) is 3.19. The maximum atomic E-state index is 12.0. The molecule has 0 spiro atoms. The van der Waals surface area contributed by atoms with Gasteiger partial charge in [-0.15, -0.1) is 11.3 Å². The molecular weight excluding hydrogens is 286 g/mol. The van der Waals surface area contributed by atoms with Crippen molar-refractivity contribution in [3.05, 3.63) is 64.5 Å². The first-order valence-corrected chi connectivity index (χ1v) is 7.29. The standard InChI is InChI=1S/C16H13NO3S/c18-10-13-6-7-14(20-13)11-3-1-4-12(9-11)17-16(19)15-5-2-8-21-15/h1-9,18H,10H2,(H,17,19). The summed E-state index contributed by atoms with van der Waals surface area (Å²) < 4.78 is 5.49. The van der Waals surface area contributed by atoms with Crippen molar-refractivity contribution in [3.63, 3.8) is 0 Å². The van der Waals surface area contributed by atoms with Crippen LogP contribution in [0.3, 0.4) is 0 Å². The van der Waals surface area contributed by atoms with Gasteiger partial charge in [0.1, 0.15) is 18.1 Å². The topological polar surface area (TPSA) is 62.5 Å². The lowest BCUT2D eigenvalue weighted by Gasteiger charge is -2.05. The maximum absolute atomic E-state index is 12.0. The Kier molecular flexibility index (Phi) is 3.85. The summed E-state index contributed by atoms with van der Waals surface area (Å²) in [5.41, 5.74) is 1.55. The van der Waals surface area contributed by atoms with Crippen LogP contribution in [-0.4, -0.2) is 11.0 Å². The molecule has 0 saturated carbocycles. The van der Waals surface area contributed by atoms with Crippen LogP contribution in [-0.2, 0) is 6.61 Å². The van der Waals surface area contributed by atoms with E-state index in [0.717, 1.165) is 5.56 Å². The fourth-order valence-electron chi connectivity index (χ4n) is 1.97. The smallest absolute Gasteiger partial charge is 0.265 e. The van der Waals surface area contributed by atoms with E-state index in [0.29, 0.717) is 22.1 Å². The number of carbonyl (C=O) groups excluding carboxylic acids is 1. The molecule has 0 aliphatic rings. The molecule has 2 aromatic heterocycles. The molecule has 0 aliphatic carbocycles. The van der Waals surface area contributed by atoms with Crippen molar-refractivity contribution in [2.75, 3.05) is 5.32 Å². The van der Waals surface area contributed by atoms with Crippen LogP contribution < -0.4 is 5.32 Å². The van der Waals surface area contributed by atoms with Gasteiger partial charge in [-0.1, -0.05) is 18.2 Å². The second kappa shape index (κ2) is 5.95. The Bertz CT molecular complexity index is 746. The predicted octanol–water partition coefficient (Wildman–Crippen LogP) is 3.75. The summed E-state index contributed by atoms with van der Waals surface area (Å²) in [6.07, 6.45) is 0. The Labute approximate surface area is 125 Å². The molecule has 4 nitrogen and oxygen atoms in total. The molecule has 0 atom stereocenters. The van der Waals surface area contributed by atoms with Gasteiger partial charge in [-0.3, -0.25) is 4.79 Å². The summed E-state index contributed by atoms with van der Waals surface area (Å²) in [4.78, 5) is 12.7. The highest BCUT2D eigenvalue weighted by Crippen LogP contribution is 2.25. The van der Waals surface area contributed by atoms with Crippen molar-refractivity contribution in [1.82, 2.24) is 0 Å². The molecule has 0 saturated heterocycles. The summed E-state index contributed by atoms with van der Waals surface area (Å²) in [6.45, 7) is -0.130. The molecule has 2 N–H and O–H groups in total. The number of hydrogen-bond donors (Lipinski definition) is 2. The number of anilines is 1. The van der Waals surface area contributed by atoms with Crippen LogP contribution in [0.4, 0.5) is 5.69 Å². The fraction of sp³-hybridized carbons (Fsp3) is 0.0625. The van der Waals surface area contributed by atoms with Crippen molar-refractivity contribution in [2.45, 2.75) is 6.61 Å². The highest BCUT2D eigenvalue weighted by molar-refractivity contribution is 7.12. The van der Waals surface area contributed by atoms with E-state index in [1.165, 1.54) is 11.3 Å². The normalized spacial score (nSPS) is 10.5. The summed E-state index contributed by atoms with van der Waals surface area (Å²) in [6, 6.07) is 14.6. The third-order valence-corrected chi connectivity index (χ3v) is 3.84. The lowest BCUT2D eigenvalue weighted by atomic mass is 10.1. The zero-order chi connectivity index (χ0) is 14.7. The zero-order valence-corrected chi connectivity index (χ0v) is 11.9. The van der Waals surface area contributed by atoms with Gasteiger partial charge in [0, 0.05) is 11.3 Å². The van der Waals surface area contributed by atoms with Crippen LogP contribution in [0, 0.1) is 0 Å². The molecule has 0 fully saturated rings. The van der Waals surface area contributed by atoms with Crippen LogP contribution in [0.25, 0.3) is 11.3 Å². The first kappa shape index (κ1) is 13.6. The third-order valence-electron chi connectivity index (χ3n) is 2.97. The monoisotopic (exact) mass is 299 g/mol. The van der Waals surface area contributed by atoms with E-state index in [2.05, 4.69) is 5.32 Å². The predicted molar refractivity (Wildman–Crippen MR) is 82.3 cm³/mol. The second-order valence-electron chi connectivity index (χ2n) is 4.44. The highest BCUT2D eigenvalue weighted by atomic mass is 32.1. The van der Waals surface area contributed by atoms with Gasteiger partial charge < -0.3 is 14.8 Å². The van der Waals surface area contributed by atoms with Crippen molar-refractivity contribution < 1.29 is 14.3 Å². The molecule has 3 rings (SSSR count). The number of thiophene rings is 1. The van der Waals surface area contributed by atoms with Gasteiger partial charge in [-0.05, 0) is 35.7 Å². The van der Waals surface area contributed by atoms with Gasteiger partial charge in [-0.25, -0.2) is 0 Å². The Morgan fingerprint density at radius 1 is 1.19 bits per heavy atom. The molecule has 0 bridgehead atoms. The van der Waals surface area contributed by atoms with Crippen LogP contribution in [0.5, 0.6) is 0 Å². The second-order valence-corrected chi connectivity index (χ2v) is 5.38. The van der Waals surface area contributed by atoms with E-state index in [9.17, 15) is 4.79 Å². The van der Waals surface area contributed by atoms with Crippen molar-refractivity contribution in [1.29, 1.82) is 0 Å². The van der Waals surface area contributed by atoms with E-state index >= 15 is 0 Å². The summed E-state index contributed by atoms with van der Waals surface area (Å²) in [5.74, 6) is 1.04. The zero-order valence-electron chi connectivity index (χ0n) is 11.1. The average molecular weight is 299 g/mol. The van der Waals surface area contributed by atoms with E-state index < -0.39 is 0 Å². The summed E-state index contributed by atoms with van der Waals surface area (Å²) >= 11 is 1.40. The van der Waals surface area contributed by atoms with Gasteiger partial charge >= 0.3 is 0 Å². The number of aliphatic hydroxyl groups excluding tert-OH is 1. The van der Waals surface area contributed by atoms with Gasteiger partial charge in [0.25, 0.3) is 5.91 Å². The number of aliphatic hydroxyl groups is 1. The van der Waals surface area contributed by atoms with E-state index in [4.69, 9.17) is 9.52 Å². The third kappa shape index (κ3) is 3.04. The minimum atomic E-state index is -0.130. The van der Waals surface area contributed by atoms with Crippen LogP contribution >= 0.6 is 11.3 Å². The number of rotatable bonds is 4. The molecule has 5 heteroatoms. The number of benzene rings is 1. The minimum absolute atomic E-state index is 0.127. The molecular formula is C16H13NO3S. The highest BCUT2D eigenvalue weighted by Gasteiger charge is 2.09. The Hall–Kier alpha value is -2.37. The Morgan fingerprint density at radius 2 is 2.10 bits per heavy atom. The van der Waals surface area contributed by atoms with Gasteiger partial charge in [0.05, 0.1) is 4.88 Å². The first-order valence-electron chi connectivity index (χ1n) is 6.41. The number of furan rings is 1. The summed E-state index contributed by atoms with van der Waals surface area (Å²) in [5, 5.41) is 13.7. The molecule has 1 aromatic carbocycles. The number of amides is 1. The molecule has 0 aliphatic heterocycles.